The van der Waals surface area contributed by atoms with Gasteiger partial charge in [-0.2, -0.15) is 0 Å². The Morgan fingerprint density at radius 1 is 1.12 bits per heavy atom. The van der Waals surface area contributed by atoms with Gasteiger partial charge in [0.15, 0.2) is 0 Å². The minimum absolute atomic E-state index is 0.149. The van der Waals surface area contributed by atoms with Gasteiger partial charge in [-0.05, 0) is 45.2 Å². The van der Waals surface area contributed by atoms with Crippen molar-refractivity contribution in [2.75, 3.05) is 24.6 Å². The van der Waals surface area contributed by atoms with Gasteiger partial charge in [0.1, 0.15) is 23.7 Å². The van der Waals surface area contributed by atoms with E-state index >= 15 is 0 Å². The van der Waals surface area contributed by atoms with Crippen molar-refractivity contribution >= 4 is 29.4 Å². The number of fused-ring (bicyclic) bond motifs is 2. The number of carbonyl (C=O) groups excluding carboxylic acids is 4. The first kappa shape index (κ1) is 28.0. The highest BCUT2D eigenvalue weighted by molar-refractivity contribution is 6.06. The quantitative estimate of drug-likeness (QED) is 0.432. The monoisotopic (exact) mass is 551 g/mol. The molecule has 0 saturated carbocycles. The van der Waals surface area contributed by atoms with Gasteiger partial charge in [0.25, 0.3) is 5.91 Å². The van der Waals surface area contributed by atoms with Gasteiger partial charge in [-0.15, -0.1) is 0 Å². The van der Waals surface area contributed by atoms with E-state index in [0.29, 0.717) is 6.42 Å². The largest absolute Gasteiger partial charge is 0.460 e. The van der Waals surface area contributed by atoms with Gasteiger partial charge in [-0.1, -0.05) is 42.5 Å². The third-order valence-electron chi connectivity index (χ3n) is 8.42. The lowest BCUT2D eigenvalue weighted by Gasteiger charge is -2.38. The number of aliphatic hydroxyl groups is 1. The van der Waals surface area contributed by atoms with E-state index in [2.05, 4.69) is 5.32 Å². The molecule has 10 nitrogen and oxygen atoms in total. The molecule has 2 fully saturated rings. The molecule has 7 atom stereocenters. The van der Waals surface area contributed by atoms with E-state index in [4.69, 9.17) is 9.47 Å². The molecular weight excluding hydrogens is 514 g/mol. The van der Waals surface area contributed by atoms with Gasteiger partial charge in [0.2, 0.25) is 11.8 Å². The molecule has 0 unspecified atom stereocenters. The van der Waals surface area contributed by atoms with Crippen LogP contribution in [0.1, 0.15) is 37.8 Å². The van der Waals surface area contributed by atoms with Gasteiger partial charge in [0, 0.05) is 18.7 Å². The fraction of sp³-hybridized carbons (Fsp3) is 0.533. The number of rotatable bonds is 3. The summed E-state index contributed by atoms with van der Waals surface area (Å²) >= 11 is 0. The molecule has 5 rings (SSSR count). The second-order valence-corrected chi connectivity index (χ2v) is 11.2. The van der Waals surface area contributed by atoms with Gasteiger partial charge in [0.05, 0.1) is 31.2 Å². The Morgan fingerprint density at radius 3 is 2.55 bits per heavy atom. The van der Waals surface area contributed by atoms with Crippen LogP contribution in [0.25, 0.3) is 0 Å². The number of ether oxygens (including phenoxy) is 2. The summed E-state index contributed by atoms with van der Waals surface area (Å²) in [6.45, 7) is 7.27. The van der Waals surface area contributed by atoms with E-state index in [0.717, 1.165) is 16.8 Å². The SMILES string of the molecule is Cc1cccc(C)c1N1CC=C[C@@]23O[C@H]4/C=C\CCC(=O)NC[C@H](C)OC(=O)[C@H]4[C@@H]2C(=O)N([C@H](C)CO)[C@H]3C1=O. The van der Waals surface area contributed by atoms with Gasteiger partial charge >= 0.3 is 5.97 Å². The van der Waals surface area contributed by atoms with Crippen LogP contribution in [0.15, 0.2) is 42.5 Å². The predicted octanol–water partition coefficient (Wildman–Crippen LogP) is 1.57. The Labute approximate surface area is 234 Å². The lowest BCUT2D eigenvalue weighted by atomic mass is 9.78. The van der Waals surface area contributed by atoms with Crippen LogP contribution in [0, 0.1) is 25.7 Å². The number of hydrogen-bond donors (Lipinski definition) is 2. The van der Waals surface area contributed by atoms with Gasteiger partial charge in [-0.3, -0.25) is 19.2 Å². The summed E-state index contributed by atoms with van der Waals surface area (Å²) in [6.07, 6.45) is 6.29. The van der Waals surface area contributed by atoms with Crippen molar-refractivity contribution in [1.29, 1.82) is 0 Å². The molecule has 10 heteroatoms. The third kappa shape index (κ3) is 4.53. The summed E-state index contributed by atoms with van der Waals surface area (Å²) in [7, 11) is 0. The summed E-state index contributed by atoms with van der Waals surface area (Å²) < 4.78 is 12.4. The fourth-order valence-corrected chi connectivity index (χ4v) is 6.60. The number of benzene rings is 1. The molecule has 4 aliphatic rings. The molecule has 2 saturated heterocycles. The first-order chi connectivity index (χ1) is 19.1. The molecule has 2 N–H and O–H groups in total. The van der Waals surface area contributed by atoms with Crippen LogP contribution in [-0.4, -0.2) is 83.3 Å². The molecule has 214 valence electrons. The van der Waals surface area contributed by atoms with Crippen LogP contribution in [-0.2, 0) is 28.7 Å². The maximum atomic E-state index is 14.5. The fourth-order valence-electron chi connectivity index (χ4n) is 6.60. The number of esters is 1. The zero-order chi connectivity index (χ0) is 28.8. The Bertz CT molecular complexity index is 1260. The van der Waals surface area contributed by atoms with Crippen molar-refractivity contribution in [3.05, 3.63) is 53.6 Å². The number of likely N-dealkylation sites (tertiary alicyclic amines) is 1. The minimum Gasteiger partial charge on any atom is -0.460 e. The molecule has 1 aromatic rings. The number of amides is 3. The highest BCUT2D eigenvalue weighted by Gasteiger charge is 2.72. The van der Waals surface area contributed by atoms with Gasteiger partial charge in [-0.25, -0.2) is 0 Å². The van der Waals surface area contributed by atoms with Crippen molar-refractivity contribution in [3.8, 4) is 0 Å². The van der Waals surface area contributed by atoms with E-state index in [9.17, 15) is 24.3 Å². The normalized spacial score (nSPS) is 34.1. The molecule has 1 aromatic carbocycles. The van der Waals surface area contributed by atoms with Crippen molar-refractivity contribution < 1.29 is 33.8 Å². The summed E-state index contributed by atoms with van der Waals surface area (Å²) in [5.41, 5.74) is 1.14. The van der Waals surface area contributed by atoms with Crippen LogP contribution in [0.2, 0.25) is 0 Å². The molecule has 4 heterocycles. The second kappa shape index (κ2) is 10.8. The average molecular weight is 552 g/mol. The smallest absolute Gasteiger partial charge is 0.313 e. The number of para-hydroxylation sites is 1. The summed E-state index contributed by atoms with van der Waals surface area (Å²) in [5, 5.41) is 12.9. The second-order valence-electron chi connectivity index (χ2n) is 11.2. The molecule has 0 aromatic heterocycles. The minimum atomic E-state index is -1.45. The Morgan fingerprint density at radius 2 is 1.85 bits per heavy atom. The summed E-state index contributed by atoms with van der Waals surface area (Å²) in [5.74, 6) is -3.59. The number of nitrogens with one attached hydrogen (secondary N) is 1. The zero-order valence-electron chi connectivity index (χ0n) is 23.3. The first-order valence-electron chi connectivity index (χ1n) is 13.9. The van der Waals surface area contributed by atoms with Crippen LogP contribution >= 0.6 is 0 Å². The lowest BCUT2D eigenvalue weighted by molar-refractivity contribution is -0.159. The summed E-state index contributed by atoms with van der Waals surface area (Å²) in [4.78, 5) is 57.6. The Kier molecular flexibility index (Phi) is 7.58. The number of allylic oxidation sites excluding steroid dienone is 1. The molecule has 0 aliphatic carbocycles. The highest BCUT2D eigenvalue weighted by atomic mass is 16.6. The number of carbonyl (C=O) groups is 4. The number of cyclic esters (lactones) is 1. The van der Waals surface area contributed by atoms with Crippen LogP contribution in [0.5, 0.6) is 0 Å². The lowest BCUT2D eigenvalue weighted by Crippen LogP contribution is -2.58. The predicted molar refractivity (Wildman–Crippen MR) is 146 cm³/mol. The first-order valence-corrected chi connectivity index (χ1v) is 13.9. The number of aryl methyl sites for hydroxylation is 2. The number of anilines is 1. The van der Waals surface area contributed by atoms with Crippen molar-refractivity contribution in [2.45, 2.75) is 70.4 Å². The van der Waals surface area contributed by atoms with E-state index in [1.54, 1.807) is 37.0 Å². The Balaban J connectivity index is 1.62. The van der Waals surface area contributed by atoms with Crippen LogP contribution in [0.3, 0.4) is 0 Å². The molecular formula is C30H37N3O7. The van der Waals surface area contributed by atoms with E-state index in [1.807, 2.05) is 38.1 Å². The molecule has 4 aliphatic heterocycles. The van der Waals surface area contributed by atoms with E-state index in [-0.39, 0.29) is 37.9 Å². The van der Waals surface area contributed by atoms with Crippen molar-refractivity contribution in [1.82, 2.24) is 10.2 Å². The maximum absolute atomic E-state index is 14.5. The molecule has 0 radical (unpaired) electrons. The third-order valence-corrected chi connectivity index (χ3v) is 8.42. The zero-order valence-corrected chi connectivity index (χ0v) is 23.3. The Hall–Kier alpha value is -3.50. The topological polar surface area (TPSA) is 125 Å². The number of nitrogens with zero attached hydrogens (tertiary/aromatic N) is 2. The molecule has 40 heavy (non-hydrogen) atoms. The van der Waals surface area contributed by atoms with E-state index in [1.165, 1.54) is 4.90 Å². The molecule has 0 bridgehead atoms. The van der Waals surface area contributed by atoms with Crippen LogP contribution in [0.4, 0.5) is 5.69 Å². The molecule has 3 amide bonds. The van der Waals surface area contributed by atoms with Crippen LogP contribution < -0.4 is 10.2 Å². The average Bonchev–Trinajstić information content (AvgIpc) is 3.31. The molecule has 1 spiro atoms. The van der Waals surface area contributed by atoms with Crippen molar-refractivity contribution in [2.24, 2.45) is 11.8 Å². The summed E-state index contributed by atoms with van der Waals surface area (Å²) in [6, 6.07) is 4.00. The maximum Gasteiger partial charge on any atom is 0.313 e. The number of aliphatic hydroxyl groups excluding tert-OH is 1. The standard InChI is InChI=1S/C30H37N3O7/c1-17-9-7-10-18(2)25(17)32-14-8-13-30-24(27(36)33(19(3)16-34)26(30)28(32)37)23-21(40-30)11-5-6-12-22(35)31-15-20(4)39-29(23)38/h5,7-11,13,19-21,23-24,26,34H,6,12,14-16H2,1-4H3,(H,31,35)/b11-5-/t19-,20+,21+,23-,24-,26+,30-/m1/s1. The van der Waals surface area contributed by atoms with Gasteiger partial charge < -0.3 is 29.7 Å². The van der Waals surface area contributed by atoms with Crippen molar-refractivity contribution in [3.63, 3.8) is 0 Å². The highest BCUT2D eigenvalue weighted by Crippen LogP contribution is 2.54. The van der Waals surface area contributed by atoms with E-state index < -0.39 is 53.6 Å². The number of hydrogen-bond acceptors (Lipinski definition) is 7.